The molecule has 2 aromatic rings. The highest BCUT2D eigenvalue weighted by molar-refractivity contribution is 9.10. The number of ketones is 1. The lowest BCUT2D eigenvalue weighted by molar-refractivity contribution is -0.131. The summed E-state index contributed by atoms with van der Waals surface area (Å²) in [7, 11) is 14.8. The molecule has 12 heteroatoms. The standard InChI is InChI=1S/2C8H6BrFO2.Al.3ClH/c1-4(11)5-2-7(10)6(9)3-8(5)12;1-5(11)12-6-2-3-8(10)7(9)4-6;;;;/h2-3,12H,1H3;2-4H,1H3;;3*1H/q;;+3;;;/p-3. The van der Waals surface area contributed by atoms with E-state index in [0.29, 0.717) is 5.75 Å². The van der Waals surface area contributed by atoms with Gasteiger partial charge in [0.2, 0.25) is 0 Å². The number of rotatable bonds is 2. The summed E-state index contributed by atoms with van der Waals surface area (Å²) < 4.78 is 30.6. The molecule has 0 aromatic heterocycles. The van der Waals surface area contributed by atoms with Gasteiger partial charge in [-0.3, -0.25) is 9.59 Å². The number of carbonyl (C=O) groups is 2. The third-order valence-electron chi connectivity index (χ3n) is 2.57. The van der Waals surface area contributed by atoms with E-state index in [1.807, 2.05) is 0 Å². The fraction of sp³-hybridized carbons (Fsp3) is 0.125. The number of ether oxygens (including phenoxy) is 1. The molecule has 0 radical (unpaired) electrons. The van der Waals surface area contributed by atoms with Gasteiger partial charge in [0.25, 0.3) is 0 Å². The van der Waals surface area contributed by atoms with Gasteiger partial charge in [-0.15, -0.1) is 0 Å². The molecule has 0 aliphatic rings. The number of hydrogen-bond donors (Lipinski definition) is 1. The summed E-state index contributed by atoms with van der Waals surface area (Å²) in [6, 6.07) is 6.18. The topological polar surface area (TPSA) is 63.6 Å². The smallest absolute Gasteiger partial charge is 0.507 e. The van der Waals surface area contributed by atoms with Crippen LogP contribution in [0.2, 0.25) is 0 Å². The van der Waals surface area contributed by atoms with Crippen molar-refractivity contribution < 1.29 is 28.2 Å². The normalized spacial score (nSPS) is 9.32. The maximum absolute atomic E-state index is 12.8. The summed E-state index contributed by atoms with van der Waals surface area (Å²) >= 11 is 4.13. The zero-order chi connectivity index (χ0) is 22.0. The Morgan fingerprint density at radius 2 is 1.50 bits per heavy atom. The van der Waals surface area contributed by atoms with Gasteiger partial charge in [0.15, 0.2) is 5.78 Å². The van der Waals surface area contributed by atoms with Crippen molar-refractivity contribution in [3.05, 3.63) is 56.5 Å². The van der Waals surface area contributed by atoms with Crippen LogP contribution < -0.4 is 4.74 Å². The lowest BCUT2D eigenvalue weighted by Gasteiger charge is -2.01. The van der Waals surface area contributed by atoms with Crippen LogP contribution in [0.5, 0.6) is 11.5 Å². The second kappa shape index (κ2) is 13.8. The molecule has 0 saturated heterocycles. The Hall–Kier alpha value is -0.398. The van der Waals surface area contributed by atoms with Crippen LogP contribution in [0, 0.1) is 11.6 Å². The summed E-state index contributed by atoms with van der Waals surface area (Å²) in [5.74, 6) is -1.61. The molecule has 152 valence electrons. The number of halogens is 7. The molecule has 0 aliphatic carbocycles. The van der Waals surface area contributed by atoms with Crippen LogP contribution in [0.4, 0.5) is 8.78 Å². The van der Waals surface area contributed by atoms with Gasteiger partial charge in [-0.25, -0.2) is 38.9 Å². The van der Waals surface area contributed by atoms with E-state index in [1.165, 1.54) is 32.0 Å². The largest absolute Gasteiger partial charge is 0.643 e. The van der Waals surface area contributed by atoms with E-state index in [1.54, 1.807) is 0 Å². The minimum atomic E-state index is -1.72. The molecule has 0 saturated carbocycles. The minimum absolute atomic E-state index is 0.00398. The van der Waals surface area contributed by atoms with Crippen molar-refractivity contribution in [2.75, 3.05) is 0 Å². The molecule has 1 N–H and O–H groups in total. The third-order valence-corrected chi connectivity index (χ3v) is 3.79. The van der Waals surface area contributed by atoms with E-state index in [9.17, 15) is 18.4 Å². The summed E-state index contributed by atoms with van der Waals surface area (Å²) in [6.07, 6.45) is 0. The molecule has 0 fully saturated rings. The van der Waals surface area contributed by atoms with Crippen LogP contribution in [0.15, 0.2) is 39.3 Å². The van der Waals surface area contributed by atoms with Crippen molar-refractivity contribution >= 4 is 85.1 Å². The highest BCUT2D eigenvalue weighted by atomic mass is 79.9. The number of phenols is 1. The highest BCUT2D eigenvalue weighted by Crippen LogP contribution is 2.25. The summed E-state index contributed by atoms with van der Waals surface area (Å²) in [6.45, 7) is 2.56. The molecule has 28 heavy (non-hydrogen) atoms. The maximum Gasteiger partial charge on any atom is 0.643 e. The summed E-state index contributed by atoms with van der Waals surface area (Å²) in [5, 5.41) is 9.17. The lowest BCUT2D eigenvalue weighted by Crippen LogP contribution is -2.01. The van der Waals surface area contributed by atoms with Gasteiger partial charge >= 0.3 is 17.4 Å². The number of esters is 1. The Morgan fingerprint density at radius 1 is 1.00 bits per heavy atom. The average Bonchev–Trinajstić information content (AvgIpc) is 2.54. The van der Waals surface area contributed by atoms with Gasteiger partial charge in [0, 0.05) is 6.92 Å². The van der Waals surface area contributed by atoms with Crippen LogP contribution in [-0.2, 0) is 4.79 Å². The fourth-order valence-corrected chi connectivity index (χ4v) is 2.21. The number of aromatic hydroxyl groups is 1. The SMILES string of the molecule is CC(=O)Oc1ccc(F)c(Br)c1.CC(=O)c1cc(F)c(Br)cc1O.[Cl][Al]([Cl])[Cl]. The fourth-order valence-electron chi connectivity index (χ4n) is 1.52. The number of carbonyl (C=O) groups excluding carboxylic acids is 2. The summed E-state index contributed by atoms with van der Waals surface area (Å²) in [5.41, 5.74) is -0.00398. The molecule has 2 aromatic carbocycles. The third kappa shape index (κ3) is 11.6. The van der Waals surface area contributed by atoms with E-state index in [-0.39, 0.29) is 31.9 Å². The second-order valence-electron chi connectivity index (χ2n) is 4.76. The van der Waals surface area contributed by atoms with Gasteiger partial charge in [0.05, 0.1) is 14.5 Å². The Balaban J connectivity index is 0.000000439. The van der Waals surface area contributed by atoms with Crippen molar-refractivity contribution in [3.63, 3.8) is 0 Å². The van der Waals surface area contributed by atoms with E-state index in [4.69, 9.17) is 40.0 Å². The highest BCUT2D eigenvalue weighted by Gasteiger charge is 2.10. The predicted octanol–water partition coefficient (Wildman–Crippen LogP) is 6.70. The molecular formula is C16H12AlBr2Cl3F2O4. The van der Waals surface area contributed by atoms with Crippen molar-refractivity contribution in [1.82, 2.24) is 0 Å². The van der Waals surface area contributed by atoms with E-state index >= 15 is 0 Å². The quantitative estimate of drug-likeness (QED) is 0.181. The van der Waals surface area contributed by atoms with Crippen molar-refractivity contribution in [1.29, 1.82) is 0 Å². The molecule has 0 aliphatic heterocycles. The number of Topliss-reactive ketones (excluding diaryl/α,β-unsaturated/α-hetero) is 1. The predicted molar refractivity (Wildman–Crippen MR) is 114 cm³/mol. The zero-order valence-corrected chi connectivity index (χ0v) is 20.9. The van der Waals surface area contributed by atoms with Crippen molar-refractivity contribution in [2.45, 2.75) is 13.8 Å². The molecule has 0 atom stereocenters. The van der Waals surface area contributed by atoms with Crippen LogP contribution in [-0.4, -0.2) is 28.2 Å². The Labute approximate surface area is 194 Å². The average molecular weight is 599 g/mol. The van der Waals surface area contributed by atoms with Crippen LogP contribution in [0.1, 0.15) is 24.2 Å². The molecule has 0 heterocycles. The molecule has 4 nitrogen and oxygen atoms in total. The second-order valence-corrected chi connectivity index (χ2v) is 12.9. The van der Waals surface area contributed by atoms with Crippen molar-refractivity contribution in [2.24, 2.45) is 0 Å². The number of hydrogen-bond acceptors (Lipinski definition) is 4. The van der Waals surface area contributed by atoms with Crippen LogP contribution >= 0.6 is 62.0 Å². The first kappa shape index (κ1) is 27.6. The maximum atomic E-state index is 12.8. The van der Waals surface area contributed by atoms with Gasteiger partial charge in [-0.2, -0.15) is 0 Å². The van der Waals surface area contributed by atoms with E-state index < -0.39 is 23.2 Å². The summed E-state index contributed by atoms with van der Waals surface area (Å²) in [4.78, 5) is 21.3. The Bertz CT molecular complexity index is 839. The molecule has 2 rings (SSSR count). The van der Waals surface area contributed by atoms with Crippen LogP contribution in [0.3, 0.4) is 0 Å². The molecule has 0 spiro atoms. The first-order chi connectivity index (χ1) is 12.8. The van der Waals surface area contributed by atoms with Gasteiger partial charge in [0.1, 0.15) is 23.1 Å². The first-order valence-corrected chi connectivity index (χ1v) is 13.9. The van der Waals surface area contributed by atoms with Crippen LogP contribution in [0.25, 0.3) is 0 Å². The zero-order valence-electron chi connectivity index (χ0n) is 14.3. The number of phenolic OH excluding ortho intramolecular Hbond substituents is 1. The lowest BCUT2D eigenvalue weighted by atomic mass is 10.1. The van der Waals surface area contributed by atoms with E-state index in [0.717, 1.165) is 12.1 Å². The Kier molecular flexibility index (Phi) is 13.6. The molecular weight excluding hydrogens is 587 g/mol. The molecule has 0 amide bonds. The number of benzene rings is 2. The van der Waals surface area contributed by atoms with Gasteiger partial charge in [-0.1, -0.05) is 0 Å². The first-order valence-electron chi connectivity index (χ1n) is 7.09. The van der Waals surface area contributed by atoms with E-state index in [2.05, 4.69) is 31.9 Å². The minimum Gasteiger partial charge on any atom is -0.507 e. The monoisotopic (exact) mass is 596 g/mol. The molecule has 0 unspecified atom stereocenters. The molecule has 0 bridgehead atoms. The Morgan fingerprint density at radius 3 is 1.93 bits per heavy atom. The van der Waals surface area contributed by atoms with Crippen molar-refractivity contribution in [3.8, 4) is 11.5 Å². The van der Waals surface area contributed by atoms with Gasteiger partial charge in [-0.05, 0) is 69.1 Å². The van der Waals surface area contributed by atoms with Gasteiger partial charge < -0.3 is 9.84 Å².